The summed E-state index contributed by atoms with van der Waals surface area (Å²) in [6, 6.07) is 14.4. The zero-order valence-corrected chi connectivity index (χ0v) is 19.5. The van der Waals surface area contributed by atoms with E-state index in [2.05, 4.69) is 10.6 Å². The largest absolute Gasteiger partial charge is 0.480 e. The Hall–Kier alpha value is -3.49. The fraction of sp³-hybridized carbons (Fsp3) is 0.423. The van der Waals surface area contributed by atoms with Gasteiger partial charge in [0.05, 0.1) is 5.92 Å². The van der Waals surface area contributed by atoms with Crippen molar-refractivity contribution in [3.63, 3.8) is 0 Å². The Labute approximate surface area is 201 Å². The quantitative estimate of drug-likeness (QED) is 0.497. The number of rotatable bonds is 9. The van der Waals surface area contributed by atoms with Gasteiger partial charge < -0.3 is 20.5 Å². The number of alkyl carbamates (subject to hydrolysis) is 1. The molecule has 1 unspecified atom stereocenters. The summed E-state index contributed by atoms with van der Waals surface area (Å²) in [7, 11) is 0. The maximum absolute atomic E-state index is 14.3. The Balaban J connectivity index is 1.32. The van der Waals surface area contributed by atoms with E-state index in [1.807, 2.05) is 48.5 Å². The lowest BCUT2D eigenvalue weighted by atomic mass is 9.98. The van der Waals surface area contributed by atoms with Gasteiger partial charge in [-0.25, -0.2) is 18.4 Å². The highest BCUT2D eigenvalue weighted by Crippen LogP contribution is 2.55. The molecule has 2 aliphatic rings. The van der Waals surface area contributed by atoms with Gasteiger partial charge in [-0.1, -0.05) is 68.8 Å². The molecule has 4 atom stereocenters. The Morgan fingerprint density at radius 1 is 1.06 bits per heavy atom. The molecule has 35 heavy (non-hydrogen) atoms. The summed E-state index contributed by atoms with van der Waals surface area (Å²) in [6.45, 7) is 2.96. The molecule has 1 fully saturated rings. The van der Waals surface area contributed by atoms with Crippen LogP contribution in [0.3, 0.4) is 0 Å². The third kappa shape index (κ3) is 4.72. The number of carboxylic acids is 1. The number of amides is 2. The van der Waals surface area contributed by atoms with Gasteiger partial charge in [0.25, 0.3) is 5.92 Å². The molecule has 7 nitrogen and oxygen atoms in total. The molecule has 2 amide bonds. The van der Waals surface area contributed by atoms with E-state index in [9.17, 15) is 28.3 Å². The van der Waals surface area contributed by atoms with E-state index >= 15 is 0 Å². The van der Waals surface area contributed by atoms with Crippen LogP contribution in [0.25, 0.3) is 11.1 Å². The lowest BCUT2D eigenvalue weighted by Crippen LogP contribution is -2.46. The van der Waals surface area contributed by atoms with Crippen LogP contribution in [0.4, 0.5) is 13.6 Å². The third-order valence-electron chi connectivity index (χ3n) is 7.07. The highest BCUT2D eigenvalue weighted by Gasteiger charge is 2.71. The highest BCUT2D eigenvalue weighted by molar-refractivity contribution is 5.88. The lowest BCUT2D eigenvalue weighted by Gasteiger charge is -2.20. The normalized spacial score (nSPS) is 21.3. The number of alkyl halides is 2. The molecule has 0 heterocycles. The van der Waals surface area contributed by atoms with Crippen LogP contribution >= 0.6 is 0 Å². The maximum Gasteiger partial charge on any atom is 0.407 e. The Bertz CT molecular complexity index is 1090. The number of carboxylic acid groups (broad SMARTS) is 1. The van der Waals surface area contributed by atoms with E-state index in [-0.39, 0.29) is 12.5 Å². The van der Waals surface area contributed by atoms with Gasteiger partial charge in [-0.3, -0.25) is 4.79 Å². The molecule has 0 spiro atoms. The first kappa shape index (κ1) is 24.6. The van der Waals surface area contributed by atoms with Crippen LogP contribution in [0.2, 0.25) is 0 Å². The summed E-state index contributed by atoms with van der Waals surface area (Å²) < 4.78 is 33.9. The molecular formula is C26H28F2N2O5. The molecule has 4 rings (SSSR count). The van der Waals surface area contributed by atoms with Crippen LogP contribution < -0.4 is 10.6 Å². The summed E-state index contributed by atoms with van der Waals surface area (Å²) >= 11 is 0. The summed E-state index contributed by atoms with van der Waals surface area (Å²) in [5, 5.41) is 13.8. The predicted octanol–water partition coefficient (Wildman–Crippen LogP) is 4.02. The number of hydrogen-bond acceptors (Lipinski definition) is 4. The van der Waals surface area contributed by atoms with Crippen molar-refractivity contribution in [2.75, 3.05) is 13.2 Å². The number of halogens is 2. The average molecular weight is 487 g/mol. The van der Waals surface area contributed by atoms with E-state index in [4.69, 9.17) is 4.74 Å². The standard InChI is InChI=1S/C26H28F2N2O5/c1-3-14(2)22(24(32)33)30-23(31)21-20(26(21,27)28)12-29-25(34)35-13-19-17-10-6-4-8-15(17)16-9-5-7-11-18(16)19/h4-11,14,19-22H,3,12-13H2,1-2H3,(H,29,34)(H,30,31)(H,32,33)/t14?,20-,21-,22-/m0/s1. The van der Waals surface area contributed by atoms with Crippen LogP contribution in [-0.4, -0.2) is 48.2 Å². The second-order valence-corrected chi connectivity index (χ2v) is 9.18. The van der Waals surface area contributed by atoms with Crippen molar-refractivity contribution in [2.45, 2.75) is 38.2 Å². The van der Waals surface area contributed by atoms with Crippen molar-refractivity contribution < 1.29 is 33.0 Å². The number of carbonyl (C=O) groups is 3. The first-order chi connectivity index (χ1) is 16.7. The maximum atomic E-state index is 14.3. The van der Waals surface area contributed by atoms with Crippen molar-refractivity contribution >= 4 is 18.0 Å². The van der Waals surface area contributed by atoms with Crippen LogP contribution in [0.1, 0.15) is 37.3 Å². The van der Waals surface area contributed by atoms with Crippen LogP contribution in [0.15, 0.2) is 48.5 Å². The Morgan fingerprint density at radius 2 is 1.63 bits per heavy atom. The third-order valence-corrected chi connectivity index (χ3v) is 7.07. The summed E-state index contributed by atoms with van der Waals surface area (Å²) in [5.74, 6) is -9.33. The Morgan fingerprint density at radius 3 is 2.17 bits per heavy atom. The van der Waals surface area contributed by atoms with Crippen LogP contribution in [0, 0.1) is 17.8 Å². The number of ether oxygens (including phenoxy) is 1. The first-order valence-corrected chi connectivity index (χ1v) is 11.7. The molecule has 0 radical (unpaired) electrons. The van der Waals surface area contributed by atoms with Crippen molar-refractivity contribution in [1.82, 2.24) is 10.6 Å². The van der Waals surface area contributed by atoms with E-state index < -0.39 is 54.2 Å². The zero-order valence-electron chi connectivity index (χ0n) is 19.5. The number of hydrogen-bond donors (Lipinski definition) is 3. The second kappa shape index (κ2) is 9.64. The smallest absolute Gasteiger partial charge is 0.407 e. The number of benzene rings is 2. The molecule has 0 saturated heterocycles. The molecule has 2 aromatic rings. The van der Waals surface area contributed by atoms with Gasteiger partial charge in [-0.2, -0.15) is 0 Å². The fourth-order valence-corrected chi connectivity index (χ4v) is 4.77. The molecule has 0 aliphatic heterocycles. The van der Waals surface area contributed by atoms with Gasteiger partial charge in [0.15, 0.2) is 0 Å². The molecular weight excluding hydrogens is 458 g/mol. The lowest BCUT2D eigenvalue weighted by molar-refractivity contribution is -0.144. The minimum atomic E-state index is -3.33. The summed E-state index contributed by atoms with van der Waals surface area (Å²) in [4.78, 5) is 36.0. The summed E-state index contributed by atoms with van der Waals surface area (Å²) in [6.07, 6.45) is -0.387. The minimum Gasteiger partial charge on any atom is -0.480 e. The zero-order chi connectivity index (χ0) is 25.3. The first-order valence-electron chi connectivity index (χ1n) is 11.7. The predicted molar refractivity (Wildman–Crippen MR) is 124 cm³/mol. The van der Waals surface area contributed by atoms with E-state index in [1.165, 1.54) is 0 Å². The molecule has 186 valence electrons. The molecule has 1 saturated carbocycles. The molecule has 2 aromatic carbocycles. The monoisotopic (exact) mass is 486 g/mol. The minimum absolute atomic E-state index is 0.0417. The van der Waals surface area contributed by atoms with Crippen LogP contribution in [-0.2, 0) is 14.3 Å². The fourth-order valence-electron chi connectivity index (χ4n) is 4.77. The second-order valence-electron chi connectivity index (χ2n) is 9.18. The molecule has 9 heteroatoms. The van der Waals surface area contributed by atoms with Gasteiger partial charge in [-0.05, 0) is 28.2 Å². The highest BCUT2D eigenvalue weighted by atomic mass is 19.3. The molecule has 3 N–H and O–H groups in total. The summed E-state index contributed by atoms with van der Waals surface area (Å²) in [5.41, 5.74) is 4.20. The van der Waals surface area contributed by atoms with E-state index in [0.29, 0.717) is 6.42 Å². The van der Waals surface area contributed by atoms with Crippen LogP contribution in [0.5, 0.6) is 0 Å². The van der Waals surface area contributed by atoms with Gasteiger partial charge in [-0.15, -0.1) is 0 Å². The molecule has 0 aromatic heterocycles. The van der Waals surface area contributed by atoms with Crippen molar-refractivity contribution in [3.05, 3.63) is 59.7 Å². The Kier molecular flexibility index (Phi) is 6.78. The van der Waals surface area contributed by atoms with Crippen molar-refractivity contribution in [2.24, 2.45) is 17.8 Å². The SMILES string of the molecule is CCC(C)[C@H](NC(=O)[C@@H]1[C@H](CNC(=O)OCC2c3ccccc3-c3ccccc32)C1(F)F)C(=O)O. The number of carbonyl (C=O) groups excluding carboxylic acids is 2. The van der Waals surface area contributed by atoms with Crippen molar-refractivity contribution in [1.29, 1.82) is 0 Å². The van der Waals surface area contributed by atoms with Gasteiger partial charge >= 0.3 is 12.1 Å². The van der Waals surface area contributed by atoms with Crippen molar-refractivity contribution in [3.8, 4) is 11.1 Å². The van der Waals surface area contributed by atoms with Gasteiger partial charge in [0, 0.05) is 12.5 Å². The average Bonchev–Trinajstić information content (AvgIpc) is 3.25. The van der Waals surface area contributed by atoms with Gasteiger partial charge in [0.1, 0.15) is 18.6 Å². The number of fused-ring (bicyclic) bond motifs is 3. The molecule has 2 aliphatic carbocycles. The van der Waals surface area contributed by atoms with E-state index in [0.717, 1.165) is 22.3 Å². The van der Waals surface area contributed by atoms with Gasteiger partial charge in [0.2, 0.25) is 5.91 Å². The number of aliphatic carboxylic acids is 1. The topological polar surface area (TPSA) is 105 Å². The van der Waals surface area contributed by atoms with E-state index in [1.54, 1.807) is 13.8 Å². The molecule has 0 bridgehead atoms. The number of nitrogens with one attached hydrogen (secondary N) is 2.